The molecule has 2 aromatic carbocycles. The van der Waals surface area contributed by atoms with Crippen LogP contribution < -0.4 is 14.4 Å². The molecular formula is C27H39N3O5S. The highest BCUT2D eigenvalue weighted by molar-refractivity contribution is 7.92. The maximum atomic E-state index is 13.8. The molecule has 0 heterocycles. The molecule has 1 atom stereocenters. The second-order valence-electron chi connectivity index (χ2n) is 10.0. The van der Waals surface area contributed by atoms with Gasteiger partial charge in [0.25, 0.3) is 0 Å². The fourth-order valence-corrected chi connectivity index (χ4v) is 4.80. The highest BCUT2D eigenvalue weighted by atomic mass is 32.2. The standard InChI is InChI=1S/C27H39N3O5S/c1-9-23(26(32)28-27(4,5)6)29(17-21-13-15-22(35-7)16-14-21)25(31)18-30(36(8,33)34)24-12-10-11-19(2)20(24)3/h10-16,23H,9,17-18H2,1-8H3,(H,28,32). The van der Waals surface area contributed by atoms with Crippen LogP contribution in [0.1, 0.15) is 50.8 Å². The molecule has 0 bridgehead atoms. The predicted molar refractivity (Wildman–Crippen MR) is 144 cm³/mol. The van der Waals surface area contributed by atoms with E-state index in [2.05, 4.69) is 5.32 Å². The summed E-state index contributed by atoms with van der Waals surface area (Å²) in [5.41, 5.74) is 2.44. The minimum Gasteiger partial charge on any atom is -0.497 e. The van der Waals surface area contributed by atoms with Crippen molar-refractivity contribution >= 4 is 27.5 Å². The fourth-order valence-electron chi connectivity index (χ4n) is 3.90. The van der Waals surface area contributed by atoms with Crippen molar-refractivity contribution in [2.45, 2.75) is 66.1 Å². The van der Waals surface area contributed by atoms with Crippen LogP contribution in [0.4, 0.5) is 5.69 Å². The van der Waals surface area contributed by atoms with E-state index in [1.807, 2.05) is 59.7 Å². The number of nitrogens with zero attached hydrogens (tertiary/aromatic N) is 2. The van der Waals surface area contributed by atoms with Crippen LogP contribution >= 0.6 is 0 Å². The van der Waals surface area contributed by atoms with E-state index in [9.17, 15) is 18.0 Å². The van der Waals surface area contributed by atoms with E-state index in [0.717, 1.165) is 27.3 Å². The number of sulfonamides is 1. The zero-order chi connectivity index (χ0) is 27.3. The Morgan fingerprint density at radius 1 is 1.06 bits per heavy atom. The third kappa shape index (κ3) is 7.71. The third-order valence-electron chi connectivity index (χ3n) is 5.92. The zero-order valence-electron chi connectivity index (χ0n) is 22.6. The van der Waals surface area contributed by atoms with Crippen molar-refractivity contribution in [1.29, 1.82) is 0 Å². The third-order valence-corrected chi connectivity index (χ3v) is 7.05. The SMILES string of the molecule is CCC(C(=O)NC(C)(C)C)N(Cc1ccc(OC)cc1)C(=O)CN(c1cccc(C)c1C)S(C)(=O)=O. The lowest BCUT2D eigenvalue weighted by molar-refractivity contribution is -0.141. The van der Waals surface area contributed by atoms with Gasteiger partial charge in [0.05, 0.1) is 19.1 Å². The Bertz CT molecular complexity index is 1170. The minimum absolute atomic E-state index is 0.142. The molecule has 0 fully saturated rings. The summed E-state index contributed by atoms with van der Waals surface area (Å²) in [5.74, 6) is -0.0788. The van der Waals surface area contributed by atoms with E-state index in [1.54, 1.807) is 31.4 Å². The number of hydrogen-bond acceptors (Lipinski definition) is 5. The summed E-state index contributed by atoms with van der Waals surface area (Å²) in [6.07, 6.45) is 1.45. The molecule has 0 aliphatic heterocycles. The molecule has 0 aliphatic carbocycles. The van der Waals surface area contributed by atoms with Crippen molar-refractivity contribution < 1.29 is 22.7 Å². The Hall–Kier alpha value is -3.07. The number of anilines is 1. The van der Waals surface area contributed by atoms with E-state index in [1.165, 1.54) is 4.90 Å². The maximum Gasteiger partial charge on any atom is 0.244 e. The van der Waals surface area contributed by atoms with Crippen LogP contribution in [0.15, 0.2) is 42.5 Å². The van der Waals surface area contributed by atoms with Crippen molar-refractivity contribution in [3.63, 3.8) is 0 Å². The number of nitrogens with one attached hydrogen (secondary N) is 1. The van der Waals surface area contributed by atoms with Crippen LogP contribution in [0.2, 0.25) is 0 Å². The average molecular weight is 518 g/mol. The number of carbonyl (C=O) groups excluding carboxylic acids is 2. The molecule has 1 N–H and O–H groups in total. The van der Waals surface area contributed by atoms with Gasteiger partial charge in [-0.3, -0.25) is 13.9 Å². The molecule has 9 heteroatoms. The first kappa shape index (κ1) is 29.2. The van der Waals surface area contributed by atoms with Gasteiger partial charge in [0, 0.05) is 12.1 Å². The van der Waals surface area contributed by atoms with Crippen LogP contribution in [0.3, 0.4) is 0 Å². The Balaban J connectivity index is 2.50. The molecule has 2 amide bonds. The van der Waals surface area contributed by atoms with E-state index < -0.39 is 34.1 Å². The van der Waals surface area contributed by atoms with Crippen molar-refractivity contribution in [2.75, 3.05) is 24.2 Å². The fraction of sp³-hybridized carbons (Fsp3) is 0.481. The molecule has 0 aromatic heterocycles. The van der Waals surface area contributed by atoms with Gasteiger partial charge in [-0.05, 0) is 75.9 Å². The van der Waals surface area contributed by atoms with E-state index in [0.29, 0.717) is 17.9 Å². The van der Waals surface area contributed by atoms with Crippen molar-refractivity contribution in [1.82, 2.24) is 10.2 Å². The van der Waals surface area contributed by atoms with Crippen LogP contribution in [0.5, 0.6) is 5.75 Å². The quantitative estimate of drug-likeness (QED) is 0.517. The van der Waals surface area contributed by atoms with E-state index in [4.69, 9.17) is 4.74 Å². The van der Waals surface area contributed by atoms with Crippen LogP contribution in [-0.2, 0) is 26.2 Å². The Morgan fingerprint density at radius 3 is 2.17 bits per heavy atom. The molecule has 0 radical (unpaired) electrons. The molecule has 2 aromatic rings. The second-order valence-corrected chi connectivity index (χ2v) is 11.9. The normalized spacial score (nSPS) is 12.6. The molecular weight excluding hydrogens is 478 g/mol. The first-order valence-corrected chi connectivity index (χ1v) is 13.8. The first-order valence-electron chi connectivity index (χ1n) is 12.0. The molecule has 0 saturated carbocycles. The molecule has 36 heavy (non-hydrogen) atoms. The van der Waals surface area contributed by atoms with Gasteiger partial charge in [-0.15, -0.1) is 0 Å². The van der Waals surface area contributed by atoms with Crippen molar-refractivity contribution in [3.8, 4) is 5.75 Å². The Kier molecular flexibility index (Phi) is 9.54. The molecule has 198 valence electrons. The molecule has 8 nitrogen and oxygen atoms in total. The molecule has 0 aliphatic rings. The Morgan fingerprint density at radius 2 is 1.67 bits per heavy atom. The number of amides is 2. The first-order chi connectivity index (χ1) is 16.7. The van der Waals surface area contributed by atoms with Gasteiger partial charge in [0.2, 0.25) is 21.8 Å². The van der Waals surface area contributed by atoms with Gasteiger partial charge in [-0.25, -0.2) is 8.42 Å². The minimum atomic E-state index is -3.78. The van der Waals surface area contributed by atoms with E-state index >= 15 is 0 Å². The van der Waals surface area contributed by atoms with Gasteiger partial charge in [-0.1, -0.05) is 31.2 Å². The average Bonchev–Trinajstić information content (AvgIpc) is 2.77. The maximum absolute atomic E-state index is 13.8. The second kappa shape index (κ2) is 11.8. The lowest BCUT2D eigenvalue weighted by atomic mass is 10.1. The number of hydrogen-bond donors (Lipinski definition) is 1. The lowest BCUT2D eigenvalue weighted by Gasteiger charge is -2.34. The highest BCUT2D eigenvalue weighted by Crippen LogP contribution is 2.26. The lowest BCUT2D eigenvalue weighted by Crippen LogP contribution is -2.55. The largest absolute Gasteiger partial charge is 0.497 e. The van der Waals surface area contributed by atoms with Crippen molar-refractivity contribution in [3.05, 3.63) is 59.2 Å². The van der Waals surface area contributed by atoms with E-state index in [-0.39, 0.29) is 12.5 Å². The van der Waals surface area contributed by atoms with Gasteiger partial charge in [0.1, 0.15) is 18.3 Å². The molecule has 2 rings (SSSR count). The summed E-state index contributed by atoms with van der Waals surface area (Å²) in [7, 11) is -2.21. The number of carbonyl (C=O) groups is 2. The zero-order valence-corrected chi connectivity index (χ0v) is 23.4. The van der Waals surface area contributed by atoms with Crippen LogP contribution in [0, 0.1) is 13.8 Å². The summed E-state index contributed by atoms with van der Waals surface area (Å²) < 4.78 is 32.0. The molecule has 0 saturated heterocycles. The summed E-state index contributed by atoms with van der Waals surface area (Å²) in [6, 6.07) is 11.8. The van der Waals surface area contributed by atoms with Gasteiger partial charge in [-0.2, -0.15) is 0 Å². The number of aryl methyl sites for hydroxylation is 1. The predicted octanol–water partition coefficient (Wildman–Crippen LogP) is 3.80. The summed E-state index contributed by atoms with van der Waals surface area (Å²) >= 11 is 0. The van der Waals surface area contributed by atoms with Crippen LogP contribution in [-0.4, -0.2) is 56.6 Å². The monoisotopic (exact) mass is 517 g/mol. The van der Waals surface area contributed by atoms with Gasteiger partial charge >= 0.3 is 0 Å². The van der Waals surface area contributed by atoms with Crippen LogP contribution in [0.25, 0.3) is 0 Å². The highest BCUT2D eigenvalue weighted by Gasteiger charge is 2.33. The Labute approximate surface area is 215 Å². The number of methoxy groups -OCH3 is 1. The number of ether oxygens (including phenoxy) is 1. The summed E-state index contributed by atoms with van der Waals surface area (Å²) in [5, 5.41) is 2.96. The number of rotatable bonds is 10. The smallest absolute Gasteiger partial charge is 0.244 e. The topological polar surface area (TPSA) is 96.0 Å². The summed E-state index contributed by atoms with van der Waals surface area (Å²) in [6.45, 7) is 10.9. The van der Waals surface area contributed by atoms with Crippen molar-refractivity contribution in [2.24, 2.45) is 0 Å². The summed E-state index contributed by atoms with van der Waals surface area (Å²) in [4.78, 5) is 28.5. The molecule has 1 unspecified atom stereocenters. The van der Waals surface area contributed by atoms with Gasteiger partial charge in [0.15, 0.2) is 0 Å². The van der Waals surface area contributed by atoms with Gasteiger partial charge < -0.3 is 15.0 Å². The number of benzene rings is 2. The molecule has 0 spiro atoms.